The number of amides is 1. The van der Waals surface area contributed by atoms with Crippen molar-refractivity contribution >= 4 is 27.5 Å². The Bertz CT molecular complexity index is 449. The Balaban J connectivity index is 2.51. The molecule has 112 valence electrons. The predicted molar refractivity (Wildman–Crippen MR) is 86.5 cm³/mol. The highest BCUT2D eigenvalue weighted by atomic mass is 79.9. The van der Waals surface area contributed by atoms with E-state index in [2.05, 4.69) is 40.1 Å². The van der Waals surface area contributed by atoms with Crippen LogP contribution >= 0.6 is 15.9 Å². The number of nitrogens with zero attached hydrogens (tertiary/aromatic N) is 1. The van der Waals surface area contributed by atoms with E-state index in [1.54, 1.807) is 0 Å². The summed E-state index contributed by atoms with van der Waals surface area (Å²) >= 11 is 3.31. The van der Waals surface area contributed by atoms with Gasteiger partial charge < -0.3 is 11.1 Å². The zero-order chi connectivity index (χ0) is 15.1. The van der Waals surface area contributed by atoms with Crippen molar-refractivity contribution in [3.8, 4) is 0 Å². The van der Waals surface area contributed by atoms with E-state index < -0.39 is 0 Å². The summed E-state index contributed by atoms with van der Waals surface area (Å²) in [6.07, 6.45) is 2.38. The Morgan fingerprint density at radius 1 is 1.40 bits per heavy atom. The zero-order valence-electron chi connectivity index (χ0n) is 12.4. The summed E-state index contributed by atoms with van der Waals surface area (Å²) in [4.78, 5) is 16.3. The van der Waals surface area contributed by atoms with Crippen LogP contribution in [0.2, 0.25) is 0 Å². The first kappa shape index (κ1) is 17.1. The summed E-state index contributed by atoms with van der Waals surface area (Å²) in [6, 6.07) is 3.69. The Kier molecular flexibility index (Phi) is 7.16. The van der Waals surface area contributed by atoms with Gasteiger partial charge in [0.05, 0.1) is 11.4 Å². The van der Waals surface area contributed by atoms with Gasteiger partial charge in [-0.15, -0.1) is 0 Å². The number of rotatable bonds is 7. The minimum absolute atomic E-state index is 0.0416. The summed E-state index contributed by atoms with van der Waals surface area (Å²) in [5.41, 5.74) is 7.21. The van der Waals surface area contributed by atoms with E-state index in [9.17, 15) is 4.79 Å². The van der Waals surface area contributed by atoms with Gasteiger partial charge in [-0.05, 0) is 66.2 Å². The molecule has 20 heavy (non-hydrogen) atoms. The van der Waals surface area contributed by atoms with Crippen LogP contribution in [0.25, 0.3) is 0 Å². The van der Waals surface area contributed by atoms with Crippen LogP contribution in [0.4, 0.5) is 5.69 Å². The molecule has 0 saturated heterocycles. The molecule has 0 radical (unpaired) electrons. The molecule has 3 N–H and O–H groups in total. The quantitative estimate of drug-likeness (QED) is 0.746. The van der Waals surface area contributed by atoms with Crippen molar-refractivity contribution in [1.29, 1.82) is 0 Å². The minimum atomic E-state index is 0.0416. The Labute approximate surface area is 129 Å². The molecule has 0 aromatic carbocycles. The fourth-order valence-corrected chi connectivity index (χ4v) is 2.61. The van der Waals surface area contributed by atoms with E-state index in [0.717, 1.165) is 28.8 Å². The third kappa shape index (κ3) is 5.59. The topological polar surface area (TPSA) is 68.0 Å². The lowest BCUT2D eigenvalue weighted by Gasteiger charge is -2.19. The van der Waals surface area contributed by atoms with Gasteiger partial charge in [0.2, 0.25) is 5.91 Å². The fraction of sp³-hybridized carbons (Fsp3) is 0.600. The Morgan fingerprint density at radius 2 is 2.10 bits per heavy atom. The molecule has 0 bridgehead atoms. The van der Waals surface area contributed by atoms with Crippen LogP contribution in [0.15, 0.2) is 16.7 Å². The molecule has 0 fully saturated rings. The third-order valence-electron chi connectivity index (χ3n) is 3.55. The first-order valence-electron chi connectivity index (χ1n) is 7.07. The predicted octanol–water partition coefficient (Wildman–Crippen LogP) is 3.49. The highest BCUT2D eigenvalue weighted by molar-refractivity contribution is 9.10. The molecule has 1 aromatic rings. The fourth-order valence-electron chi connectivity index (χ4n) is 2.22. The van der Waals surface area contributed by atoms with Gasteiger partial charge in [-0.3, -0.25) is 4.79 Å². The van der Waals surface area contributed by atoms with Gasteiger partial charge in [0.1, 0.15) is 4.60 Å². The summed E-state index contributed by atoms with van der Waals surface area (Å²) in [5.74, 6) is 1.11. The van der Waals surface area contributed by atoms with Crippen molar-refractivity contribution in [2.24, 2.45) is 17.6 Å². The van der Waals surface area contributed by atoms with Gasteiger partial charge in [0.15, 0.2) is 0 Å². The number of hydrogen-bond donors (Lipinski definition) is 2. The molecule has 5 heteroatoms. The number of nitrogens with one attached hydrogen (secondary N) is 1. The largest absolute Gasteiger partial charge is 0.330 e. The van der Waals surface area contributed by atoms with E-state index in [4.69, 9.17) is 5.73 Å². The summed E-state index contributed by atoms with van der Waals surface area (Å²) in [6.45, 7) is 6.92. The molecule has 1 amide bonds. The molecule has 1 aromatic heterocycles. The first-order valence-corrected chi connectivity index (χ1v) is 7.86. The summed E-state index contributed by atoms with van der Waals surface area (Å²) in [7, 11) is 0. The second-order valence-electron chi connectivity index (χ2n) is 5.44. The van der Waals surface area contributed by atoms with Crippen molar-refractivity contribution in [3.63, 3.8) is 0 Å². The number of carbonyl (C=O) groups excluding carboxylic acids is 1. The van der Waals surface area contributed by atoms with Crippen molar-refractivity contribution in [2.45, 2.75) is 40.0 Å². The number of carbonyl (C=O) groups is 1. The van der Waals surface area contributed by atoms with Gasteiger partial charge >= 0.3 is 0 Å². The standard InChI is InChI=1S/C15H24BrN3O/c1-10(2)12(8-9-17)4-7-15(20)19-13-5-6-14(16)18-11(13)3/h5-6,10,12H,4,7-9,17H2,1-3H3,(H,19,20). The van der Waals surface area contributed by atoms with E-state index in [-0.39, 0.29) is 5.91 Å². The number of hydrogen-bond acceptors (Lipinski definition) is 3. The molecule has 1 rings (SSSR count). The molecule has 1 unspecified atom stereocenters. The average molecular weight is 342 g/mol. The number of halogens is 1. The Morgan fingerprint density at radius 3 is 2.65 bits per heavy atom. The van der Waals surface area contributed by atoms with Gasteiger partial charge in [-0.1, -0.05) is 13.8 Å². The maximum atomic E-state index is 12.0. The molecule has 1 heterocycles. The van der Waals surface area contributed by atoms with E-state index in [1.165, 1.54) is 0 Å². The molecule has 0 saturated carbocycles. The van der Waals surface area contributed by atoms with Crippen molar-refractivity contribution in [1.82, 2.24) is 4.98 Å². The number of aryl methyl sites for hydroxylation is 1. The van der Waals surface area contributed by atoms with Gasteiger partial charge in [0, 0.05) is 6.42 Å². The first-order chi connectivity index (χ1) is 9.43. The van der Waals surface area contributed by atoms with Gasteiger partial charge in [-0.25, -0.2) is 4.98 Å². The second-order valence-corrected chi connectivity index (χ2v) is 6.25. The van der Waals surface area contributed by atoms with Crippen LogP contribution < -0.4 is 11.1 Å². The minimum Gasteiger partial charge on any atom is -0.330 e. The van der Waals surface area contributed by atoms with Crippen LogP contribution in [0, 0.1) is 18.8 Å². The number of pyridine rings is 1. The van der Waals surface area contributed by atoms with Crippen LogP contribution in [0.1, 0.15) is 38.8 Å². The third-order valence-corrected chi connectivity index (χ3v) is 3.99. The molecule has 1 atom stereocenters. The number of aromatic nitrogens is 1. The van der Waals surface area contributed by atoms with Crippen LogP contribution in [-0.4, -0.2) is 17.4 Å². The van der Waals surface area contributed by atoms with Crippen LogP contribution in [0.5, 0.6) is 0 Å². The highest BCUT2D eigenvalue weighted by Crippen LogP contribution is 2.21. The molecule has 0 aliphatic rings. The molecular formula is C15H24BrN3O. The highest BCUT2D eigenvalue weighted by Gasteiger charge is 2.15. The van der Waals surface area contributed by atoms with Gasteiger partial charge in [0.25, 0.3) is 0 Å². The molecular weight excluding hydrogens is 318 g/mol. The molecule has 4 nitrogen and oxygen atoms in total. The smallest absolute Gasteiger partial charge is 0.224 e. The van der Waals surface area contributed by atoms with Crippen molar-refractivity contribution < 1.29 is 4.79 Å². The lowest BCUT2D eigenvalue weighted by atomic mass is 9.88. The van der Waals surface area contributed by atoms with Crippen molar-refractivity contribution in [3.05, 3.63) is 22.4 Å². The second kappa shape index (κ2) is 8.37. The van der Waals surface area contributed by atoms with E-state index in [1.807, 2.05) is 19.1 Å². The normalized spacial score (nSPS) is 12.5. The Hall–Kier alpha value is -0.940. The maximum Gasteiger partial charge on any atom is 0.224 e. The van der Waals surface area contributed by atoms with E-state index in [0.29, 0.717) is 24.8 Å². The van der Waals surface area contributed by atoms with E-state index >= 15 is 0 Å². The monoisotopic (exact) mass is 341 g/mol. The molecule has 0 spiro atoms. The lowest BCUT2D eigenvalue weighted by molar-refractivity contribution is -0.116. The zero-order valence-corrected chi connectivity index (χ0v) is 14.0. The molecule has 0 aliphatic carbocycles. The summed E-state index contributed by atoms with van der Waals surface area (Å²) in [5, 5.41) is 2.92. The number of anilines is 1. The maximum absolute atomic E-state index is 12.0. The van der Waals surface area contributed by atoms with Crippen LogP contribution in [0.3, 0.4) is 0 Å². The van der Waals surface area contributed by atoms with Crippen LogP contribution in [-0.2, 0) is 4.79 Å². The van der Waals surface area contributed by atoms with Gasteiger partial charge in [-0.2, -0.15) is 0 Å². The lowest BCUT2D eigenvalue weighted by Crippen LogP contribution is -2.18. The summed E-state index contributed by atoms with van der Waals surface area (Å²) < 4.78 is 0.774. The van der Waals surface area contributed by atoms with Crippen molar-refractivity contribution in [2.75, 3.05) is 11.9 Å². The molecule has 0 aliphatic heterocycles. The average Bonchev–Trinajstić information content (AvgIpc) is 2.37. The SMILES string of the molecule is Cc1nc(Br)ccc1NC(=O)CCC(CCN)C(C)C. The number of nitrogens with two attached hydrogens (primary N) is 1.